The summed E-state index contributed by atoms with van der Waals surface area (Å²) >= 11 is 0. The Morgan fingerprint density at radius 3 is 1.67 bits per heavy atom. The average Bonchev–Trinajstić information content (AvgIpc) is 2.50. The molecule has 0 heterocycles. The van der Waals surface area contributed by atoms with Gasteiger partial charge in [-0.05, 0) is 45.8 Å². The molecule has 0 radical (unpaired) electrons. The lowest BCUT2D eigenvalue weighted by molar-refractivity contribution is 0.270. The van der Waals surface area contributed by atoms with Gasteiger partial charge in [0.25, 0.3) is 8.32 Å². The van der Waals surface area contributed by atoms with Gasteiger partial charge in [-0.25, -0.2) is 0 Å². The Balaban J connectivity index is 4.61. The average molecular weight is 405 g/mol. The molecule has 0 aromatic carbocycles. The standard InChI is InChI=1S/C16H36O4Si4/c1-11-17-22(6,7)15-20-24(10,13-3)16-19-23(8,9)14-18-21(4,5)12-2/h11-13H,1-3,14-16H2,4-10H3. The van der Waals surface area contributed by atoms with Crippen molar-refractivity contribution in [2.45, 2.75) is 45.8 Å². The summed E-state index contributed by atoms with van der Waals surface area (Å²) in [6, 6.07) is 0. The smallest absolute Gasteiger partial charge is 0.268 e. The largest absolute Gasteiger partial charge is 0.548 e. The minimum atomic E-state index is -2.12. The van der Waals surface area contributed by atoms with Gasteiger partial charge >= 0.3 is 0 Å². The molecular formula is C16H36O4Si4. The van der Waals surface area contributed by atoms with Crippen LogP contribution in [0.5, 0.6) is 0 Å². The molecule has 0 aromatic heterocycles. The first-order valence-corrected chi connectivity index (χ1v) is 20.2. The maximum absolute atomic E-state index is 6.27. The van der Waals surface area contributed by atoms with E-state index in [0.29, 0.717) is 18.7 Å². The second-order valence-electron chi connectivity index (χ2n) is 7.99. The van der Waals surface area contributed by atoms with Crippen LogP contribution in [0.4, 0.5) is 0 Å². The zero-order chi connectivity index (χ0) is 19.1. The molecule has 0 saturated carbocycles. The van der Waals surface area contributed by atoms with Crippen LogP contribution in [0.15, 0.2) is 37.4 Å². The van der Waals surface area contributed by atoms with Crippen LogP contribution in [0.2, 0.25) is 45.8 Å². The van der Waals surface area contributed by atoms with Crippen molar-refractivity contribution in [1.82, 2.24) is 0 Å². The molecular weight excluding hydrogens is 369 g/mol. The van der Waals surface area contributed by atoms with Crippen molar-refractivity contribution in [1.29, 1.82) is 0 Å². The van der Waals surface area contributed by atoms with Crippen LogP contribution in [-0.4, -0.2) is 52.0 Å². The molecule has 1 unspecified atom stereocenters. The van der Waals surface area contributed by atoms with Gasteiger partial charge in [-0.2, -0.15) is 0 Å². The summed E-state index contributed by atoms with van der Waals surface area (Å²) in [5, 5.41) is 0. The van der Waals surface area contributed by atoms with E-state index in [1.165, 1.54) is 6.26 Å². The van der Waals surface area contributed by atoms with Crippen LogP contribution >= 0.6 is 0 Å². The first kappa shape index (κ1) is 23.8. The van der Waals surface area contributed by atoms with E-state index in [1.54, 1.807) is 0 Å². The highest BCUT2D eigenvalue weighted by Crippen LogP contribution is 2.17. The Morgan fingerprint density at radius 1 is 0.667 bits per heavy atom. The van der Waals surface area contributed by atoms with Crippen molar-refractivity contribution < 1.29 is 17.7 Å². The first-order chi connectivity index (χ1) is 10.8. The van der Waals surface area contributed by atoms with E-state index in [4.69, 9.17) is 17.7 Å². The lowest BCUT2D eigenvalue weighted by Crippen LogP contribution is -2.50. The van der Waals surface area contributed by atoms with Crippen molar-refractivity contribution in [3.8, 4) is 0 Å². The van der Waals surface area contributed by atoms with Gasteiger partial charge < -0.3 is 17.7 Å². The zero-order valence-corrected chi connectivity index (χ0v) is 20.6. The molecule has 0 fully saturated rings. The van der Waals surface area contributed by atoms with Gasteiger partial charge in [0.15, 0.2) is 0 Å². The maximum atomic E-state index is 6.27. The molecule has 140 valence electrons. The maximum Gasteiger partial charge on any atom is 0.268 e. The molecule has 24 heavy (non-hydrogen) atoms. The van der Waals surface area contributed by atoms with Crippen molar-refractivity contribution in [2.75, 3.05) is 18.7 Å². The normalized spacial score (nSPS) is 15.5. The van der Waals surface area contributed by atoms with Crippen LogP contribution in [0.1, 0.15) is 0 Å². The molecule has 0 amide bonds. The predicted octanol–water partition coefficient (Wildman–Crippen LogP) is 4.45. The Kier molecular flexibility index (Phi) is 9.37. The van der Waals surface area contributed by atoms with Gasteiger partial charge in [-0.15, -0.1) is 13.2 Å². The number of hydrogen-bond donors (Lipinski definition) is 0. The third-order valence-corrected chi connectivity index (χ3v) is 12.1. The van der Waals surface area contributed by atoms with Crippen molar-refractivity contribution >= 4 is 33.3 Å². The molecule has 0 aliphatic carbocycles. The van der Waals surface area contributed by atoms with Gasteiger partial charge in [0.1, 0.15) is 0 Å². The van der Waals surface area contributed by atoms with E-state index in [0.717, 1.165) is 0 Å². The molecule has 0 aromatic rings. The van der Waals surface area contributed by atoms with Crippen LogP contribution in [0.3, 0.4) is 0 Å². The summed E-state index contributed by atoms with van der Waals surface area (Å²) in [6.45, 7) is 26.5. The summed E-state index contributed by atoms with van der Waals surface area (Å²) in [5.41, 5.74) is 3.90. The monoisotopic (exact) mass is 404 g/mol. The second kappa shape index (κ2) is 9.46. The summed E-state index contributed by atoms with van der Waals surface area (Å²) in [7, 11) is -7.67. The molecule has 1 atom stereocenters. The highest BCUT2D eigenvalue weighted by Gasteiger charge is 2.35. The van der Waals surface area contributed by atoms with Crippen LogP contribution < -0.4 is 0 Å². The fourth-order valence-electron chi connectivity index (χ4n) is 1.56. The Labute approximate surface area is 153 Å². The molecule has 4 nitrogen and oxygen atoms in total. The van der Waals surface area contributed by atoms with Gasteiger partial charge in [0.05, 0.1) is 25.0 Å². The van der Waals surface area contributed by atoms with E-state index in [2.05, 4.69) is 65.6 Å². The fourth-order valence-corrected chi connectivity index (χ4v) is 10.9. The summed E-state index contributed by atoms with van der Waals surface area (Å²) in [5.74, 6) is 0. The third-order valence-electron chi connectivity index (χ3n) is 3.62. The quantitative estimate of drug-likeness (QED) is 0.335. The van der Waals surface area contributed by atoms with E-state index >= 15 is 0 Å². The molecule has 8 heteroatoms. The van der Waals surface area contributed by atoms with Crippen molar-refractivity contribution in [3.05, 3.63) is 37.4 Å². The van der Waals surface area contributed by atoms with E-state index < -0.39 is 33.3 Å². The SMILES string of the molecule is C=CO[Si](C)(C)CO[Si](C)(C=C)CO[Si](C)(C)CO[Si](C)(C)C=C. The van der Waals surface area contributed by atoms with E-state index in [-0.39, 0.29) is 0 Å². The predicted molar refractivity (Wildman–Crippen MR) is 114 cm³/mol. The highest BCUT2D eigenvalue weighted by molar-refractivity contribution is 6.81. The van der Waals surface area contributed by atoms with Gasteiger partial charge in [0.2, 0.25) is 25.0 Å². The summed E-state index contributed by atoms with van der Waals surface area (Å²) in [6.07, 6.45) is 3.41. The molecule has 0 aliphatic heterocycles. The van der Waals surface area contributed by atoms with Gasteiger partial charge in [-0.1, -0.05) is 18.0 Å². The molecule has 0 bridgehead atoms. The Hall–Kier alpha value is -0.232. The van der Waals surface area contributed by atoms with Gasteiger partial charge in [-0.3, -0.25) is 0 Å². The number of rotatable bonds is 13. The summed E-state index contributed by atoms with van der Waals surface area (Å²) < 4.78 is 24.2. The topological polar surface area (TPSA) is 36.9 Å². The Bertz CT molecular complexity index is 438. The molecule has 0 aliphatic rings. The highest BCUT2D eigenvalue weighted by atomic mass is 28.4. The van der Waals surface area contributed by atoms with E-state index in [1.807, 2.05) is 11.4 Å². The summed E-state index contributed by atoms with van der Waals surface area (Å²) in [4.78, 5) is 0. The lowest BCUT2D eigenvalue weighted by Gasteiger charge is -2.33. The molecule has 0 saturated heterocycles. The molecule has 0 spiro atoms. The van der Waals surface area contributed by atoms with Crippen molar-refractivity contribution in [3.63, 3.8) is 0 Å². The fraction of sp³-hybridized carbons (Fsp3) is 0.625. The zero-order valence-electron chi connectivity index (χ0n) is 16.6. The van der Waals surface area contributed by atoms with Crippen molar-refractivity contribution in [2.24, 2.45) is 0 Å². The molecule has 0 rings (SSSR count). The first-order valence-electron chi connectivity index (χ1n) is 8.28. The minimum Gasteiger partial charge on any atom is -0.548 e. The second-order valence-corrected chi connectivity index (χ2v) is 23.6. The van der Waals surface area contributed by atoms with E-state index in [9.17, 15) is 0 Å². The van der Waals surface area contributed by atoms with Crippen LogP contribution in [0, 0.1) is 0 Å². The van der Waals surface area contributed by atoms with Gasteiger partial charge in [0, 0.05) is 0 Å². The van der Waals surface area contributed by atoms with Crippen LogP contribution in [-0.2, 0) is 17.7 Å². The lowest BCUT2D eigenvalue weighted by atomic mass is 11.2. The Morgan fingerprint density at radius 2 is 1.21 bits per heavy atom. The minimum absolute atomic E-state index is 0.605. The molecule has 0 N–H and O–H groups in total. The third kappa shape index (κ3) is 9.92. The number of hydrogen-bond acceptors (Lipinski definition) is 4. The van der Waals surface area contributed by atoms with Crippen LogP contribution in [0.25, 0.3) is 0 Å².